The van der Waals surface area contributed by atoms with Gasteiger partial charge in [0.15, 0.2) is 12.2 Å². The molecule has 3 rings (SSSR count). The Bertz CT molecular complexity index is 1070. The second-order valence-corrected chi connectivity index (χ2v) is 11.1. The second kappa shape index (κ2) is 19.8. The number of anilines is 1. The number of nitrogens with zero attached hydrogens (tertiary/aromatic N) is 1. The van der Waals surface area contributed by atoms with Gasteiger partial charge in [-0.1, -0.05) is 119 Å². The molecule has 39 heavy (non-hydrogen) atoms. The number of rotatable bonds is 19. The first-order valence-corrected chi connectivity index (χ1v) is 15.6. The van der Waals surface area contributed by atoms with Crippen molar-refractivity contribution in [1.29, 1.82) is 0 Å². The van der Waals surface area contributed by atoms with Crippen molar-refractivity contribution in [2.24, 2.45) is 0 Å². The quantitative estimate of drug-likeness (QED) is 0.140. The highest BCUT2D eigenvalue weighted by Crippen LogP contribution is 2.18. The molecular weight excluding hydrogens is 568 g/mol. The van der Waals surface area contributed by atoms with Crippen LogP contribution in [-0.2, 0) is 17.8 Å². The lowest BCUT2D eigenvalue weighted by atomic mass is 10.1. The van der Waals surface area contributed by atoms with E-state index in [0.29, 0.717) is 6.42 Å². The zero-order chi connectivity index (χ0) is 26.8. The van der Waals surface area contributed by atoms with E-state index in [1.54, 1.807) is 11.3 Å². The number of aryl methyl sites for hydroxylation is 1. The van der Waals surface area contributed by atoms with Crippen LogP contribution in [0.5, 0.6) is 5.75 Å². The summed E-state index contributed by atoms with van der Waals surface area (Å²) in [6, 6.07) is 16.0. The smallest absolute Gasteiger partial charge is 0.228 e. The molecule has 0 saturated carbocycles. The third-order valence-electron chi connectivity index (χ3n) is 7.07. The number of carbonyl (C=O) groups excluding carboxylic acids is 1. The number of hydrogen-bond donors (Lipinski definition) is 1. The van der Waals surface area contributed by atoms with E-state index >= 15 is 0 Å². The van der Waals surface area contributed by atoms with Gasteiger partial charge in [0.1, 0.15) is 5.75 Å². The number of unbranched alkanes of at least 4 members (excludes halogenated alkanes) is 11. The summed E-state index contributed by atoms with van der Waals surface area (Å²) in [5, 5.41) is 5.24. The number of ether oxygens (including phenoxy) is 1. The first-order chi connectivity index (χ1) is 18.7. The fraction of sp³-hybridized carbons (Fsp3) is 0.515. The van der Waals surface area contributed by atoms with Crippen LogP contribution < -0.4 is 31.6 Å². The van der Waals surface area contributed by atoms with Crippen molar-refractivity contribution < 1.29 is 31.1 Å². The third kappa shape index (κ3) is 13.1. The Kier molecular flexibility index (Phi) is 16.8. The Hall–Kier alpha value is -2.18. The molecule has 0 unspecified atom stereocenters. The minimum atomic E-state index is -0.00495. The zero-order valence-corrected chi connectivity index (χ0v) is 26.3. The molecule has 0 bridgehead atoms. The highest BCUT2D eigenvalue weighted by Gasteiger charge is 2.13. The van der Waals surface area contributed by atoms with Gasteiger partial charge in [-0.3, -0.25) is 4.79 Å². The molecule has 1 amide bonds. The van der Waals surface area contributed by atoms with E-state index in [1.807, 2.05) is 42.5 Å². The summed E-state index contributed by atoms with van der Waals surface area (Å²) in [6.45, 7) is 5.88. The van der Waals surface area contributed by atoms with Crippen molar-refractivity contribution in [3.05, 3.63) is 76.2 Å². The monoisotopic (exact) mass is 614 g/mol. The van der Waals surface area contributed by atoms with Crippen LogP contribution in [0.25, 0.3) is 0 Å². The van der Waals surface area contributed by atoms with E-state index in [0.717, 1.165) is 42.1 Å². The molecule has 0 aliphatic rings. The van der Waals surface area contributed by atoms with E-state index in [9.17, 15) is 4.79 Å². The molecule has 0 radical (unpaired) electrons. The molecule has 1 heterocycles. The summed E-state index contributed by atoms with van der Waals surface area (Å²) >= 11 is 1.69. The molecule has 0 aliphatic heterocycles. The Balaban J connectivity index is 0.00000533. The number of para-hydroxylation sites is 1. The normalized spacial score (nSPS) is 10.7. The van der Waals surface area contributed by atoms with Gasteiger partial charge in [-0.25, -0.2) is 0 Å². The maximum absolute atomic E-state index is 12.7. The maximum atomic E-state index is 12.7. The predicted octanol–water partition coefficient (Wildman–Crippen LogP) is 5.66. The molecule has 1 aromatic heterocycles. The standard InChI is InChI=1S/C33H46N2O2S.BrH/c1-3-4-5-6-7-8-9-10-11-12-13-16-23-37-31-21-19-29(20-22-31)24-33(36)34-32-18-15-14-17-30(32)25-35-27-38-26-28(35)2;/h14-15,17-22,26-27H,3-13,16,23-25H2,1-2H3;1H. The number of benzene rings is 2. The van der Waals surface area contributed by atoms with Crippen LogP contribution in [0, 0.1) is 6.92 Å². The molecule has 0 saturated heterocycles. The molecule has 0 atom stereocenters. The summed E-state index contributed by atoms with van der Waals surface area (Å²) in [7, 11) is 0. The zero-order valence-electron chi connectivity index (χ0n) is 23.9. The van der Waals surface area contributed by atoms with Gasteiger partial charge in [-0.05, 0) is 30.2 Å². The fourth-order valence-corrected chi connectivity index (χ4v) is 5.48. The van der Waals surface area contributed by atoms with Gasteiger partial charge in [-0.2, -0.15) is 4.57 Å². The summed E-state index contributed by atoms with van der Waals surface area (Å²) in [5.41, 5.74) is 6.29. The van der Waals surface area contributed by atoms with Gasteiger partial charge >= 0.3 is 0 Å². The lowest BCUT2D eigenvalue weighted by molar-refractivity contribution is -0.689. The Morgan fingerprint density at radius 1 is 0.846 bits per heavy atom. The van der Waals surface area contributed by atoms with Gasteiger partial charge in [-0.15, -0.1) is 0 Å². The molecule has 4 nitrogen and oxygen atoms in total. The molecule has 214 valence electrons. The largest absolute Gasteiger partial charge is 1.00 e. The fourth-order valence-electron chi connectivity index (χ4n) is 4.70. The maximum Gasteiger partial charge on any atom is 0.228 e. The Labute approximate surface area is 251 Å². The van der Waals surface area contributed by atoms with Gasteiger partial charge in [0.05, 0.1) is 24.1 Å². The van der Waals surface area contributed by atoms with Gasteiger partial charge in [0.25, 0.3) is 0 Å². The van der Waals surface area contributed by atoms with Crippen LogP contribution in [-0.4, -0.2) is 12.5 Å². The number of halogens is 1. The van der Waals surface area contributed by atoms with Crippen molar-refractivity contribution >= 4 is 22.9 Å². The van der Waals surface area contributed by atoms with Crippen molar-refractivity contribution in [3.63, 3.8) is 0 Å². The molecule has 0 spiro atoms. The summed E-state index contributed by atoms with van der Waals surface area (Å²) in [5.74, 6) is 0.875. The van der Waals surface area contributed by atoms with Crippen molar-refractivity contribution in [1.82, 2.24) is 0 Å². The lowest BCUT2D eigenvalue weighted by Gasteiger charge is -2.10. The average Bonchev–Trinajstić information content (AvgIpc) is 3.33. The van der Waals surface area contributed by atoms with E-state index in [1.165, 1.54) is 76.3 Å². The van der Waals surface area contributed by atoms with E-state index in [2.05, 4.69) is 40.7 Å². The van der Waals surface area contributed by atoms with Gasteiger partial charge in [0, 0.05) is 12.5 Å². The van der Waals surface area contributed by atoms with Crippen LogP contribution in [0.2, 0.25) is 0 Å². The second-order valence-electron chi connectivity index (χ2n) is 10.4. The third-order valence-corrected chi connectivity index (χ3v) is 7.92. The van der Waals surface area contributed by atoms with Gasteiger partial charge in [0.2, 0.25) is 11.4 Å². The minimum Gasteiger partial charge on any atom is -1.00 e. The summed E-state index contributed by atoms with van der Waals surface area (Å²) < 4.78 is 8.13. The van der Waals surface area contributed by atoms with Crippen molar-refractivity contribution in [3.8, 4) is 5.75 Å². The number of nitrogens with one attached hydrogen (secondary N) is 1. The molecule has 0 fully saturated rings. The molecule has 2 aromatic carbocycles. The number of hydrogen-bond acceptors (Lipinski definition) is 3. The number of thiazole rings is 1. The van der Waals surface area contributed by atoms with Crippen molar-refractivity contribution in [2.45, 2.75) is 104 Å². The predicted molar refractivity (Wildman–Crippen MR) is 160 cm³/mol. The van der Waals surface area contributed by atoms with E-state index in [4.69, 9.17) is 4.74 Å². The van der Waals surface area contributed by atoms with Crippen molar-refractivity contribution in [2.75, 3.05) is 11.9 Å². The topological polar surface area (TPSA) is 42.2 Å². The van der Waals surface area contributed by atoms with Crippen LogP contribution in [0.4, 0.5) is 5.69 Å². The Morgan fingerprint density at radius 2 is 1.46 bits per heavy atom. The van der Waals surface area contributed by atoms with E-state index < -0.39 is 0 Å². The minimum absolute atomic E-state index is 0. The number of carbonyl (C=O) groups is 1. The first kappa shape index (κ1) is 33.0. The highest BCUT2D eigenvalue weighted by atomic mass is 79.9. The highest BCUT2D eigenvalue weighted by molar-refractivity contribution is 7.07. The van der Waals surface area contributed by atoms with E-state index in [-0.39, 0.29) is 22.9 Å². The number of aromatic nitrogens is 1. The van der Waals surface area contributed by atoms with Gasteiger partial charge < -0.3 is 27.0 Å². The first-order valence-electron chi connectivity index (χ1n) is 14.7. The average molecular weight is 616 g/mol. The molecular formula is C33H47BrN2O2S. The van der Waals surface area contributed by atoms with Crippen LogP contribution in [0.3, 0.4) is 0 Å². The molecule has 3 aromatic rings. The van der Waals surface area contributed by atoms with Crippen LogP contribution in [0.1, 0.15) is 101 Å². The van der Waals surface area contributed by atoms with Crippen LogP contribution in [0.15, 0.2) is 59.4 Å². The number of amides is 1. The van der Waals surface area contributed by atoms with Crippen LogP contribution >= 0.6 is 11.3 Å². The summed E-state index contributed by atoms with van der Waals surface area (Å²) in [4.78, 5) is 12.7. The lowest BCUT2D eigenvalue weighted by Crippen LogP contribution is -3.00. The molecule has 0 aliphatic carbocycles. The SMILES string of the molecule is CCCCCCCCCCCCCCOc1ccc(CC(=O)Nc2ccccc2C[n+]2cscc2C)cc1.[Br-]. The Morgan fingerprint density at radius 3 is 2.08 bits per heavy atom. The molecule has 1 N–H and O–H groups in total. The summed E-state index contributed by atoms with van der Waals surface area (Å²) in [6.07, 6.45) is 16.5. The molecule has 6 heteroatoms.